The number of nitrogens with one attached hydrogen (secondary N) is 1. The van der Waals surface area contributed by atoms with Crippen molar-refractivity contribution in [2.45, 2.75) is 25.7 Å². The number of hydrogen-bond donors (Lipinski definition) is 1. The Balaban J connectivity index is 1.31. The number of nitrogens with zero attached hydrogens (tertiary/aromatic N) is 3. The first-order chi connectivity index (χ1) is 14.1. The zero-order valence-electron chi connectivity index (χ0n) is 16.3. The Hall–Kier alpha value is -3.06. The number of aromatic nitrogens is 2. The van der Waals surface area contributed by atoms with Crippen LogP contribution in [0.4, 0.5) is 10.1 Å². The molecule has 1 fully saturated rings. The summed E-state index contributed by atoms with van der Waals surface area (Å²) in [5.41, 5.74) is 2.50. The minimum Gasteiger partial charge on any atom is -0.339 e. The van der Waals surface area contributed by atoms with Gasteiger partial charge in [0.15, 0.2) is 0 Å². The number of carbonyl (C=O) groups excluding carboxylic acids is 1. The second kappa shape index (κ2) is 8.53. The van der Waals surface area contributed by atoms with E-state index in [9.17, 15) is 9.18 Å². The molecule has 6 nitrogen and oxygen atoms in total. The van der Waals surface area contributed by atoms with Crippen molar-refractivity contribution in [3.05, 3.63) is 65.8 Å². The third kappa shape index (κ3) is 4.68. The summed E-state index contributed by atoms with van der Waals surface area (Å²) in [5, 5.41) is 6.97. The van der Waals surface area contributed by atoms with Gasteiger partial charge in [0.25, 0.3) is 0 Å². The number of rotatable bonds is 5. The zero-order valence-corrected chi connectivity index (χ0v) is 16.3. The van der Waals surface area contributed by atoms with Crippen LogP contribution in [-0.2, 0) is 4.79 Å². The van der Waals surface area contributed by atoms with E-state index in [0.717, 1.165) is 37.2 Å². The number of halogens is 1. The van der Waals surface area contributed by atoms with E-state index in [1.807, 2.05) is 31.2 Å². The molecule has 150 valence electrons. The Bertz CT molecular complexity index is 996. The monoisotopic (exact) mass is 394 g/mol. The Morgan fingerprint density at radius 2 is 2.00 bits per heavy atom. The lowest BCUT2D eigenvalue weighted by Crippen LogP contribution is -2.38. The van der Waals surface area contributed by atoms with Gasteiger partial charge in [-0.1, -0.05) is 35.5 Å². The van der Waals surface area contributed by atoms with Crippen LogP contribution in [0.15, 0.2) is 53.1 Å². The van der Waals surface area contributed by atoms with Gasteiger partial charge >= 0.3 is 0 Å². The first-order valence-corrected chi connectivity index (χ1v) is 9.76. The molecule has 0 aliphatic carbocycles. The highest BCUT2D eigenvalue weighted by Crippen LogP contribution is 2.28. The van der Waals surface area contributed by atoms with E-state index >= 15 is 0 Å². The maximum Gasteiger partial charge on any atom is 0.238 e. The van der Waals surface area contributed by atoms with Gasteiger partial charge in [-0.3, -0.25) is 9.69 Å². The van der Waals surface area contributed by atoms with E-state index in [2.05, 4.69) is 20.4 Å². The van der Waals surface area contributed by atoms with E-state index < -0.39 is 0 Å². The van der Waals surface area contributed by atoms with Crippen LogP contribution in [0.5, 0.6) is 0 Å². The molecule has 1 amide bonds. The summed E-state index contributed by atoms with van der Waals surface area (Å²) in [6, 6.07) is 13.9. The number of para-hydroxylation sites is 1. The van der Waals surface area contributed by atoms with Crippen LogP contribution in [0, 0.1) is 12.7 Å². The predicted octanol–water partition coefficient (Wildman–Crippen LogP) is 4.00. The maximum atomic E-state index is 13.4. The van der Waals surface area contributed by atoms with E-state index in [-0.39, 0.29) is 17.6 Å². The second-order valence-corrected chi connectivity index (χ2v) is 7.38. The third-order valence-corrected chi connectivity index (χ3v) is 5.25. The fourth-order valence-corrected chi connectivity index (χ4v) is 3.59. The summed E-state index contributed by atoms with van der Waals surface area (Å²) >= 11 is 0. The number of aryl methyl sites for hydroxylation is 1. The number of carbonyl (C=O) groups is 1. The van der Waals surface area contributed by atoms with Gasteiger partial charge in [0.2, 0.25) is 17.6 Å². The Morgan fingerprint density at radius 1 is 1.21 bits per heavy atom. The first kappa shape index (κ1) is 19.3. The van der Waals surface area contributed by atoms with Crippen molar-refractivity contribution in [1.82, 2.24) is 15.0 Å². The van der Waals surface area contributed by atoms with E-state index in [1.165, 1.54) is 12.1 Å². The van der Waals surface area contributed by atoms with Crippen molar-refractivity contribution in [3.8, 4) is 11.4 Å². The quantitative estimate of drug-likeness (QED) is 0.708. The fraction of sp³-hybridized carbons (Fsp3) is 0.318. The van der Waals surface area contributed by atoms with Crippen molar-refractivity contribution in [3.63, 3.8) is 0 Å². The van der Waals surface area contributed by atoms with Crippen LogP contribution >= 0.6 is 0 Å². The summed E-state index contributed by atoms with van der Waals surface area (Å²) in [6.07, 6.45) is 1.67. The molecule has 0 radical (unpaired) electrons. The molecule has 2 heterocycles. The van der Waals surface area contributed by atoms with Crippen molar-refractivity contribution in [1.29, 1.82) is 0 Å². The molecule has 4 rings (SSSR count). The molecule has 3 aromatic rings. The molecule has 0 atom stereocenters. The summed E-state index contributed by atoms with van der Waals surface area (Å²) < 4.78 is 18.8. The standard InChI is InChI=1S/C22H23FN4O2/c1-15-5-2-3-8-19(15)24-20(28)14-27-11-9-16(10-12-27)22-25-21(26-29-22)17-6-4-7-18(23)13-17/h2-8,13,16H,9-12,14H2,1H3,(H,24,28). The summed E-state index contributed by atoms with van der Waals surface area (Å²) in [4.78, 5) is 18.9. The second-order valence-electron chi connectivity index (χ2n) is 7.38. The highest BCUT2D eigenvalue weighted by molar-refractivity contribution is 5.92. The number of anilines is 1. The van der Waals surface area contributed by atoms with Crippen LogP contribution in [0.1, 0.15) is 30.2 Å². The first-order valence-electron chi connectivity index (χ1n) is 9.76. The van der Waals surface area contributed by atoms with Crippen LogP contribution in [0.25, 0.3) is 11.4 Å². The summed E-state index contributed by atoms with van der Waals surface area (Å²) in [5.74, 6) is 0.795. The lowest BCUT2D eigenvalue weighted by molar-refractivity contribution is -0.117. The number of benzene rings is 2. The molecule has 7 heteroatoms. The Labute approximate surface area is 168 Å². The molecule has 0 bridgehead atoms. The maximum absolute atomic E-state index is 13.4. The van der Waals surface area contributed by atoms with Crippen LogP contribution < -0.4 is 5.32 Å². The minimum absolute atomic E-state index is 0.0102. The molecule has 0 unspecified atom stereocenters. The lowest BCUT2D eigenvalue weighted by Gasteiger charge is -2.29. The normalized spacial score (nSPS) is 15.4. The minimum atomic E-state index is -0.328. The van der Waals surface area contributed by atoms with Gasteiger partial charge in [-0.25, -0.2) is 4.39 Å². The average Bonchev–Trinajstić information content (AvgIpc) is 3.21. The third-order valence-electron chi connectivity index (χ3n) is 5.25. The molecule has 1 aromatic heterocycles. The van der Waals surface area contributed by atoms with Gasteiger partial charge in [0.1, 0.15) is 5.82 Å². The highest BCUT2D eigenvalue weighted by Gasteiger charge is 2.26. The van der Waals surface area contributed by atoms with E-state index in [4.69, 9.17) is 4.52 Å². The SMILES string of the molecule is Cc1ccccc1NC(=O)CN1CCC(c2nc(-c3cccc(F)c3)no2)CC1. The number of piperidine rings is 1. The molecular formula is C22H23FN4O2. The highest BCUT2D eigenvalue weighted by atomic mass is 19.1. The van der Waals surface area contributed by atoms with Crippen molar-refractivity contribution in [2.24, 2.45) is 0 Å². The molecule has 1 N–H and O–H groups in total. The van der Waals surface area contributed by atoms with Crippen LogP contribution in [0.3, 0.4) is 0 Å². The Kier molecular flexibility index (Phi) is 5.67. The smallest absolute Gasteiger partial charge is 0.238 e. The lowest BCUT2D eigenvalue weighted by atomic mass is 9.97. The molecule has 1 aliphatic rings. The number of likely N-dealkylation sites (tertiary alicyclic amines) is 1. The average molecular weight is 394 g/mol. The molecule has 1 saturated heterocycles. The molecule has 0 saturated carbocycles. The van der Waals surface area contributed by atoms with Gasteiger partial charge in [0.05, 0.1) is 6.54 Å². The Morgan fingerprint density at radius 3 is 2.76 bits per heavy atom. The van der Waals surface area contributed by atoms with Crippen LogP contribution in [0.2, 0.25) is 0 Å². The van der Waals surface area contributed by atoms with Crippen molar-refractivity contribution < 1.29 is 13.7 Å². The molecule has 29 heavy (non-hydrogen) atoms. The fourth-order valence-electron chi connectivity index (χ4n) is 3.59. The molecule has 2 aromatic carbocycles. The topological polar surface area (TPSA) is 71.3 Å². The van der Waals surface area contributed by atoms with Crippen molar-refractivity contribution >= 4 is 11.6 Å². The van der Waals surface area contributed by atoms with Gasteiger partial charge in [-0.15, -0.1) is 0 Å². The van der Waals surface area contributed by atoms with Gasteiger partial charge in [-0.05, 0) is 56.6 Å². The largest absolute Gasteiger partial charge is 0.339 e. The van der Waals surface area contributed by atoms with Gasteiger partial charge < -0.3 is 9.84 Å². The van der Waals surface area contributed by atoms with E-state index in [0.29, 0.717) is 23.8 Å². The molecule has 0 spiro atoms. The van der Waals surface area contributed by atoms with Gasteiger partial charge in [-0.2, -0.15) is 4.98 Å². The molecular weight excluding hydrogens is 371 g/mol. The zero-order chi connectivity index (χ0) is 20.2. The molecule has 1 aliphatic heterocycles. The predicted molar refractivity (Wildman–Crippen MR) is 108 cm³/mol. The van der Waals surface area contributed by atoms with Gasteiger partial charge in [0, 0.05) is 17.2 Å². The van der Waals surface area contributed by atoms with Crippen LogP contribution in [-0.4, -0.2) is 40.6 Å². The number of amides is 1. The van der Waals surface area contributed by atoms with E-state index in [1.54, 1.807) is 12.1 Å². The summed E-state index contributed by atoms with van der Waals surface area (Å²) in [6.45, 7) is 3.90. The number of hydrogen-bond acceptors (Lipinski definition) is 5. The van der Waals surface area contributed by atoms with Crippen molar-refractivity contribution in [2.75, 3.05) is 25.0 Å². The summed E-state index contributed by atoms with van der Waals surface area (Å²) in [7, 11) is 0.